The first kappa shape index (κ1) is 17.7. The second kappa shape index (κ2) is 10.6. The largest absolute Gasteiger partial charge is 0.465 e. The molecule has 0 aromatic carbocycles. The molecule has 0 aliphatic carbocycles. The maximum atomic E-state index is 12.1. The highest BCUT2D eigenvalue weighted by Crippen LogP contribution is 2.22. The lowest BCUT2D eigenvalue weighted by atomic mass is 10.1. The molecule has 1 unspecified atom stereocenters. The molecule has 0 bridgehead atoms. The third-order valence-corrected chi connectivity index (χ3v) is 3.60. The van der Waals surface area contributed by atoms with E-state index < -0.39 is 6.43 Å². The monoisotopic (exact) mass is 282 g/mol. The minimum absolute atomic E-state index is 0.165. The van der Waals surface area contributed by atoms with Gasteiger partial charge >= 0.3 is 5.97 Å². The number of unbranched alkanes of at least 4 members (excludes halogenated alkanes) is 1. The Bertz CT molecular complexity index is 223. The predicted molar refractivity (Wildman–Crippen MR) is 72.2 cm³/mol. The molecule has 0 fully saturated rings. The normalized spacial score (nSPS) is 13.1. The Labute approximate surface area is 113 Å². The maximum absolute atomic E-state index is 12.1. The lowest BCUT2D eigenvalue weighted by Crippen LogP contribution is -2.23. The molecule has 0 saturated carbocycles. The third-order valence-electron chi connectivity index (χ3n) is 2.35. The van der Waals surface area contributed by atoms with Crippen LogP contribution >= 0.6 is 11.8 Å². The van der Waals surface area contributed by atoms with Crippen molar-refractivity contribution in [1.82, 2.24) is 0 Å². The first-order chi connectivity index (χ1) is 8.47. The van der Waals surface area contributed by atoms with E-state index in [0.29, 0.717) is 24.7 Å². The molecule has 0 aliphatic heterocycles. The highest BCUT2D eigenvalue weighted by atomic mass is 32.2. The van der Waals surface area contributed by atoms with Crippen LogP contribution in [0.25, 0.3) is 0 Å². The van der Waals surface area contributed by atoms with E-state index in [0.717, 1.165) is 12.8 Å². The Morgan fingerprint density at radius 3 is 2.50 bits per heavy atom. The van der Waals surface area contributed by atoms with Gasteiger partial charge in [0.2, 0.25) is 6.43 Å². The molecule has 0 spiro atoms. The van der Waals surface area contributed by atoms with Gasteiger partial charge in [0.1, 0.15) is 5.25 Å². The van der Waals surface area contributed by atoms with Crippen molar-refractivity contribution >= 4 is 17.7 Å². The fourth-order valence-electron chi connectivity index (χ4n) is 1.37. The minimum atomic E-state index is -2.30. The van der Waals surface area contributed by atoms with Crippen molar-refractivity contribution in [1.29, 1.82) is 0 Å². The summed E-state index contributed by atoms with van der Waals surface area (Å²) in [5.74, 6) is 0.405. The first-order valence-corrected chi connectivity index (χ1v) is 7.58. The summed E-state index contributed by atoms with van der Waals surface area (Å²) in [6.45, 7) is 6.48. The Morgan fingerprint density at radius 2 is 2.00 bits per heavy atom. The van der Waals surface area contributed by atoms with Crippen LogP contribution in [0.15, 0.2) is 0 Å². The molecule has 1 atom stereocenters. The molecule has 0 radical (unpaired) electrons. The molecule has 0 heterocycles. The maximum Gasteiger partial charge on any atom is 0.319 e. The van der Waals surface area contributed by atoms with Gasteiger partial charge in [-0.05, 0) is 24.5 Å². The van der Waals surface area contributed by atoms with Gasteiger partial charge in [0.25, 0.3) is 0 Å². The Morgan fingerprint density at radius 1 is 1.33 bits per heavy atom. The molecular weight excluding hydrogens is 258 g/mol. The number of hydrogen-bond acceptors (Lipinski definition) is 3. The van der Waals surface area contributed by atoms with E-state index >= 15 is 0 Å². The summed E-state index contributed by atoms with van der Waals surface area (Å²) in [6.07, 6.45) is 0.0383. The van der Waals surface area contributed by atoms with Gasteiger partial charge in [-0.2, -0.15) is 0 Å². The van der Waals surface area contributed by atoms with E-state index in [2.05, 4.69) is 0 Å². The topological polar surface area (TPSA) is 26.3 Å². The number of esters is 1. The molecule has 2 nitrogen and oxygen atoms in total. The fraction of sp³-hybridized carbons (Fsp3) is 0.923. The van der Waals surface area contributed by atoms with Gasteiger partial charge in [0, 0.05) is 6.42 Å². The van der Waals surface area contributed by atoms with Crippen molar-refractivity contribution in [3.8, 4) is 0 Å². The van der Waals surface area contributed by atoms with Crippen LogP contribution in [0, 0.1) is 5.92 Å². The van der Waals surface area contributed by atoms with Crippen molar-refractivity contribution in [2.45, 2.75) is 58.1 Å². The van der Waals surface area contributed by atoms with Crippen LogP contribution in [0.4, 0.5) is 8.78 Å². The molecular formula is C13H24F2O2S. The molecule has 0 aromatic heterocycles. The average Bonchev–Trinajstić information content (AvgIpc) is 2.27. The van der Waals surface area contributed by atoms with E-state index in [1.807, 2.05) is 20.8 Å². The van der Waals surface area contributed by atoms with Crippen LogP contribution in [0.1, 0.15) is 46.5 Å². The molecule has 0 saturated heterocycles. The van der Waals surface area contributed by atoms with Crippen LogP contribution in [-0.2, 0) is 9.53 Å². The quantitative estimate of drug-likeness (QED) is 0.445. The molecule has 108 valence electrons. The lowest BCUT2D eigenvalue weighted by Gasteiger charge is -2.17. The number of carbonyl (C=O) groups is 1. The number of rotatable bonds is 10. The van der Waals surface area contributed by atoms with Gasteiger partial charge in [0.15, 0.2) is 0 Å². The smallest absolute Gasteiger partial charge is 0.319 e. The van der Waals surface area contributed by atoms with E-state index in [-0.39, 0.29) is 17.6 Å². The van der Waals surface area contributed by atoms with E-state index in [4.69, 9.17) is 4.74 Å². The average molecular weight is 282 g/mol. The summed E-state index contributed by atoms with van der Waals surface area (Å²) in [4.78, 5) is 11.8. The van der Waals surface area contributed by atoms with Crippen LogP contribution in [0.3, 0.4) is 0 Å². The second-order valence-electron chi connectivity index (χ2n) is 4.69. The van der Waals surface area contributed by atoms with Gasteiger partial charge in [-0.3, -0.25) is 4.79 Å². The molecule has 5 heteroatoms. The van der Waals surface area contributed by atoms with Crippen LogP contribution in [0.5, 0.6) is 0 Å². The number of thioether (sulfide) groups is 1. The number of halogens is 2. The number of carbonyl (C=O) groups excluding carboxylic acids is 1. The van der Waals surface area contributed by atoms with Crippen molar-refractivity contribution < 1.29 is 18.3 Å². The standard InChI is InChI=1S/C13H24F2O2S/c1-4-5-7-17-13(16)11(9-10(2)3)18-8-6-12(14)15/h10-12H,4-9H2,1-3H3. The van der Waals surface area contributed by atoms with Crippen molar-refractivity contribution in [3.63, 3.8) is 0 Å². The van der Waals surface area contributed by atoms with Gasteiger partial charge in [0.05, 0.1) is 6.61 Å². The molecule has 0 rings (SSSR count). The zero-order valence-corrected chi connectivity index (χ0v) is 12.3. The summed E-state index contributed by atoms with van der Waals surface area (Å²) < 4.78 is 29.3. The fourth-order valence-corrected chi connectivity index (χ4v) is 2.69. The molecule has 0 amide bonds. The van der Waals surface area contributed by atoms with Crippen molar-refractivity contribution in [3.05, 3.63) is 0 Å². The third kappa shape index (κ3) is 9.68. The predicted octanol–water partition coefficient (Wildman–Crippen LogP) is 4.13. The highest BCUT2D eigenvalue weighted by molar-refractivity contribution is 8.00. The number of alkyl halides is 2. The summed E-state index contributed by atoms with van der Waals surface area (Å²) in [6, 6.07) is 0. The number of hydrogen-bond donors (Lipinski definition) is 0. The number of ether oxygens (including phenoxy) is 1. The highest BCUT2D eigenvalue weighted by Gasteiger charge is 2.22. The van der Waals surface area contributed by atoms with Gasteiger partial charge in [-0.1, -0.05) is 27.2 Å². The zero-order chi connectivity index (χ0) is 14.0. The zero-order valence-electron chi connectivity index (χ0n) is 11.5. The Kier molecular flexibility index (Phi) is 10.4. The summed E-state index contributed by atoms with van der Waals surface area (Å²) in [5.41, 5.74) is 0. The molecule has 0 N–H and O–H groups in total. The van der Waals surface area contributed by atoms with Crippen molar-refractivity contribution in [2.24, 2.45) is 5.92 Å². The van der Waals surface area contributed by atoms with Gasteiger partial charge < -0.3 is 4.74 Å². The van der Waals surface area contributed by atoms with Gasteiger partial charge in [-0.15, -0.1) is 11.8 Å². The van der Waals surface area contributed by atoms with Crippen LogP contribution < -0.4 is 0 Å². The Hall–Kier alpha value is -0.320. The van der Waals surface area contributed by atoms with E-state index in [1.54, 1.807) is 0 Å². The SMILES string of the molecule is CCCCOC(=O)C(CC(C)C)SCCC(F)F. The first-order valence-electron chi connectivity index (χ1n) is 6.53. The van der Waals surface area contributed by atoms with Crippen molar-refractivity contribution in [2.75, 3.05) is 12.4 Å². The second-order valence-corrected chi connectivity index (χ2v) is 6.00. The summed E-state index contributed by atoms with van der Waals surface area (Å²) in [5, 5.41) is -0.305. The molecule has 0 aromatic rings. The Balaban J connectivity index is 4.07. The summed E-state index contributed by atoms with van der Waals surface area (Å²) >= 11 is 1.29. The van der Waals surface area contributed by atoms with E-state index in [1.165, 1.54) is 11.8 Å². The molecule has 0 aliphatic rings. The van der Waals surface area contributed by atoms with Gasteiger partial charge in [-0.25, -0.2) is 8.78 Å². The van der Waals surface area contributed by atoms with Crippen LogP contribution in [0.2, 0.25) is 0 Å². The van der Waals surface area contributed by atoms with Crippen LogP contribution in [-0.4, -0.2) is 30.0 Å². The lowest BCUT2D eigenvalue weighted by molar-refractivity contribution is -0.143. The minimum Gasteiger partial charge on any atom is -0.465 e. The van der Waals surface area contributed by atoms with E-state index in [9.17, 15) is 13.6 Å². The summed E-state index contributed by atoms with van der Waals surface area (Å²) in [7, 11) is 0. The molecule has 18 heavy (non-hydrogen) atoms.